The minimum absolute atomic E-state index is 0.110. The number of carbonyl (C=O) groups excluding carboxylic acids is 2. The van der Waals surface area contributed by atoms with Gasteiger partial charge in [-0.05, 0) is 37.0 Å². The molecule has 1 aromatic rings. The average Bonchev–Trinajstić information content (AvgIpc) is 3.26. The maximum Gasteiger partial charge on any atom is 0.315 e. The lowest BCUT2D eigenvalue weighted by Gasteiger charge is -2.27. The standard InChI is InChI=1S/C22H31N3O6/c1-29-15-7-5-13(6-8-15)11-23-19(26)10-16-9-17-21(30-16)20(27)18(31-17)12-24-22(28)25-14-3-2-4-14/h5-8,14,16-18,20-21,27H,2-4,9-12H2,1H3,(H,23,26)(H2,24,25,28). The quantitative estimate of drug-likeness (QED) is 0.483. The van der Waals surface area contributed by atoms with E-state index in [0.717, 1.165) is 30.6 Å². The maximum atomic E-state index is 12.3. The van der Waals surface area contributed by atoms with E-state index in [1.807, 2.05) is 24.3 Å². The first-order valence-electron chi connectivity index (χ1n) is 10.9. The topological polar surface area (TPSA) is 118 Å². The fourth-order valence-corrected chi connectivity index (χ4v) is 4.21. The highest BCUT2D eigenvalue weighted by Gasteiger charge is 2.50. The van der Waals surface area contributed by atoms with E-state index in [9.17, 15) is 14.7 Å². The Bertz CT molecular complexity index is 769. The molecule has 2 aliphatic heterocycles. The van der Waals surface area contributed by atoms with Gasteiger partial charge in [-0.15, -0.1) is 0 Å². The van der Waals surface area contributed by atoms with Gasteiger partial charge in [0.15, 0.2) is 0 Å². The number of fused-ring (bicyclic) bond motifs is 1. The molecular formula is C22H31N3O6. The van der Waals surface area contributed by atoms with E-state index >= 15 is 0 Å². The number of aliphatic hydroxyl groups excluding tert-OH is 1. The zero-order valence-corrected chi connectivity index (χ0v) is 17.7. The van der Waals surface area contributed by atoms with Crippen LogP contribution < -0.4 is 20.7 Å². The molecule has 1 aliphatic carbocycles. The Kier molecular flexibility index (Phi) is 6.94. The Hall–Kier alpha value is -2.36. The fourth-order valence-electron chi connectivity index (χ4n) is 4.21. The van der Waals surface area contributed by atoms with Gasteiger partial charge >= 0.3 is 6.03 Å². The second-order valence-electron chi connectivity index (χ2n) is 8.47. The average molecular weight is 434 g/mol. The number of amides is 3. The third-order valence-electron chi connectivity index (χ3n) is 6.24. The van der Waals surface area contributed by atoms with Gasteiger partial charge in [0.2, 0.25) is 5.91 Å². The van der Waals surface area contributed by atoms with Crippen LogP contribution in [0, 0.1) is 0 Å². The first-order valence-corrected chi connectivity index (χ1v) is 10.9. The van der Waals surface area contributed by atoms with Gasteiger partial charge in [0.05, 0.1) is 25.7 Å². The van der Waals surface area contributed by atoms with Crippen molar-refractivity contribution in [2.75, 3.05) is 13.7 Å². The first-order chi connectivity index (χ1) is 15.0. The molecule has 1 saturated carbocycles. The van der Waals surface area contributed by atoms with Crippen molar-refractivity contribution in [3.63, 3.8) is 0 Å². The molecule has 5 atom stereocenters. The van der Waals surface area contributed by atoms with Crippen LogP contribution in [0.5, 0.6) is 5.75 Å². The lowest BCUT2D eigenvalue weighted by molar-refractivity contribution is -0.124. The minimum atomic E-state index is -0.832. The molecule has 5 unspecified atom stereocenters. The van der Waals surface area contributed by atoms with Crippen LogP contribution in [0.3, 0.4) is 0 Å². The molecule has 0 radical (unpaired) electrons. The van der Waals surface area contributed by atoms with E-state index in [1.54, 1.807) is 7.11 Å². The lowest BCUT2D eigenvalue weighted by Crippen LogP contribution is -2.48. The number of aliphatic hydroxyl groups is 1. The van der Waals surface area contributed by atoms with Crippen LogP contribution >= 0.6 is 0 Å². The second-order valence-corrected chi connectivity index (χ2v) is 8.47. The van der Waals surface area contributed by atoms with Crippen LogP contribution in [0.25, 0.3) is 0 Å². The highest BCUT2D eigenvalue weighted by Crippen LogP contribution is 2.35. The number of benzene rings is 1. The number of ether oxygens (including phenoxy) is 3. The van der Waals surface area contributed by atoms with Crippen LogP contribution in [-0.4, -0.2) is 67.3 Å². The SMILES string of the molecule is COc1ccc(CNC(=O)CC2CC3OC(CNC(=O)NC4CCC4)C(O)C3O2)cc1. The van der Waals surface area contributed by atoms with E-state index < -0.39 is 18.3 Å². The predicted molar refractivity (Wildman–Crippen MR) is 112 cm³/mol. The fraction of sp³-hybridized carbons (Fsp3) is 0.636. The van der Waals surface area contributed by atoms with Gasteiger partial charge in [-0.1, -0.05) is 12.1 Å². The summed E-state index contributed by atoms with van der Waals surface area (Å²) in [5, 5.41) is 19.1. The van der Waals surface area contributed by atoms with Gasteiger partial charge in [0.25, 0.3) is 0 Å². The summed E-state index contributed by atoms with van der Waals surface area (Å²) in [5.74, 6) is 0.660. The van der Waals surface area contributed by atoms with Gasteiger partial charge in [-0.25, -0.2) is 4.79 Å². The molecule has 3 aliphatic rings. The number of rotatable bonds is 8. The predicted octanol–water partition coefficient (Wildman–Crippen LogP) is 0.839. The van der Waals surface area contributed by atoms with Gasteiger partial charge < -0.3 is 35.3 Å². The van der Waals surface area contributed by atoms with E-state index in [1.165, 1.54) is 0 Å². The third kappa shape index (κ3) is 5.47. The van der Waals surface area contributed by atoms with Gasteiger partial charge in [0, 0.05) is 25.6 Å². The molecule has 3 amide bonds. The number of methoxy groups -OCH3 is 1. The Morgan fingerprint density at radius 1 is 1.16 bits per heavy atom. The van der Waals surface area contributed by atoms with Crippen molar-refractivity contribution in [1.29, 1.82) is 0 Å². The van der Waals surface area contributed by atoms with Crippen molar-refractivity contribution < 1.29 is 28.9 Å². The summed E-state index contributed by atoms with van der Waals surface area (Å²) in [4.78, 5) is 24.2. The summed E-state index contributed by atoms with van der Waals surface area (Å²) < 4.78 is 16.9. The van der Waals surface area contributed by atoms with Crippen molar-refractivity contribution in [2.24, 2.45) is 0 Å². The Balaban J connectivity index is 1.16. The van der Waals surface area contributed by atoms with Crippen LogP contribution in [0.4, 0.5) is 4.79 Å². The number of nitrogens with one attached hydrogen (secondary N) is 3. The van der Waals surface area contributed by atoms with E-state index in [4.69, 9.17) is 14.2 Å². The molecule has 1 aromatic carbocycles. The lowest BCUT2D eigenvalue weighted by atomic mass is 9.93. The number of hydrogen-bond acceptors (Lipinski definition) is 6. The van der Waals surface area contributed by atoms with Gasteiger partial charge in [0.1, 0.15) is 24.1 Å². The normalized spacial score (nSPS) is 29.7. The summed E-state index contributed by atoms with van der Waals surface area (Å²) in [6.45, 7) is 0.654. The first kappa shape index (κ1) is 21.9. The number of urea groups is 1. The monoisotopic (exact) mass is 433 g/mol. The number of hydrogen-bond donors (Lipinski definition) is 4. The molecule has 2 heterocycles. The van der Waals surface area contributed by atoms with E-state index in [2.05, 4.69) is 16.0 Å². The zero-order valence-electron chi connectivity index (χ0n) is 17.7. The highest BCUT2D eigenvalue weighted by atomic mass is 16.6. The van der Waals surface area contributed by atoms with Crippen LogP contribution in [0.15, 0.2) is 24.3 Å². The van der Waals surface area contributed by atoms with Crippen LogP contribution in [0.2, 0.25) is 0 Å². The highest BCUT2D eigenvalue weighted by molar-refractivity contribution is 5.76. The van der Waals surface area contributed by atoms with Crippen LogP contribution in [-0.2, 0) is 20.8 Å². The Morgan fingerprint density at radius 2 is 1.94 bits per heavy atom. The van der Waals surface area contributed by atoms with Gasteiger partial charge in [-0.3, -0.25) is 4.79 Å². The second kappa shape index (κ2) is 9.84. The van der Waals surface area contributed by atoms with Crippen molar-refractivity contribution in [3.8, 4) is 5.75 Å². The number of carbonyl (C=O) groups is 2. The van der Waals surface area contributed by atoms with E-state index in [0.29, 0.717) is 13.0 Å². The molecule has 170 valence electrons. The summed E-state index contributed by atoms with van der Waals surface area (Å²) in [7, 11) is 1.61. The maximum absolute atomic E-state index is 12.3. The summed E-state index contributed by atoms with van der Waals surface area (Å²) >= 11 is 0. The zero-order chi connectivity index (χ0) is 21.8. The molecule has 4 rings (SSSR count). The third-order valence-corrected chi connectivity index (χ3v) is 6.24. The summed E-state index contributed by atoms with van der Waals surface area (Å²) in [6.07, 6.45) is 1.57. The molecule has 9 heteroatoms. The molecule has 9 nitrogen and oxygen atoms in total. The molecule has 4 N–H and O–H groups in total. The molecule has 31 heavy (non-hydrogen) atoms. The Labute approximate surface area is 181 Å². The smallest absolute Gasteiger partial charge is 0.315 e. The van der Waals surface area contributed by atoms with E-state index in [-0.39, 0.29) is 43.2 Å². The largest absolute Gasteiger partial charge is 0.497 e. The summed E-state index contributed by atoms with van der Waals surface area (Å²) in [5.41, 5.74) is 0.980. The van der Waals surface area contributed by atoms with Gasteiger partial charge in [-0.2, -0.15) is 0 Å². The minimum Gasteiger partial charge on any atom is -0.497 e. The van der Waals surface area contributed by atoms with Crippen molar-refractivity contribution in [1.82, 2.24) is 16.0 Å². The van der Waals surface area contributed by atoms with Crippen LogP contribution in [0.1, 0.15) is 37.7 Å². The molecule has 0 spiro atoms. The molecular weight excluding hydrogens is 402 g/mol. The van der Waals surface area contributed by atoms with Crippen molar-refractivity contribution in [2.45, 2.75) is 75.2 Å². The Morgan fingerprint density at radius 3 is 2.58 bits per heavy atom. The molecule has 0 bridgehead atoms. The van der Waals surface area contributed by atoms with Crippen molar-refractivity contribution in [3.05, 3.63) is 29.8 Å². The molecule has 2 saturated heterocycles. The molecule has 3 fully saturated rings. The summed E-state index contributed by atoms with van der Waals surface area (Å²) in [6, 6.07) is 7.53. The van der Waals surface area contributed by atoms with Crippen molar-refractivity contribution >= 4 is 11.9 Å². The molecule has 0 aromatic heterocycles.